The molecule has 0 fully saturated rings. The molecule has 17 heavy (non-hydrogen) atoms. The SMILES string of the molecule is C[n+]1cccc2c3c(oc21)CCCCCCC3. The Morgan fingerprint density at radius 1 is 1.06 bits per heavy atom. The second-order valence-electron chi connectivity index (χ2n) is 5.11. The van der Waals surface area contributed by atoms with Gasteiger partial charge in [0.05, 0.1) is 5.39 Å². The predicted molar refractivity (Wildman–Crippen MR) is 67.9 cm³/mol. The minimum atomic E-state index is 1.04. The summed E-state index contributed by atoms with van der Waals surface area (Å²) in [6, 6.07) is 4.32. The minimum Gasteiger partial charge on any atom is -0.409 e. The molecule has 2 heterocycles. The molecule has 0 bridgehead atoms. The molecule has 3 rings (SSSR count). The van der Waals surface area contributed by atoms with Crippen LogP contribution in [-0.4, -0.2) is 0 Å². The van der Waals surface area contributed by atoms with Crippen LogP contribution in [0.15, 0.2) is 22.7 Å². The smallest absolute Gasteiger partial charge is 0.380 e. The Kier molecular flexibility index (Phi) is 2.87. The minimum absolute atomic E-state index is 1.04. The van der Waals surface area contributed by atoms with Crippen molar-refractivity contribution >= 4 is 11.1 Å². The van der Waals surface area contributed by atoms with E-state index in [1.807, 2.05) is 0 Å². The second kappa shape index (κ2) is 4.52. The van der Waals surface area contributed by atoms with E-state index in [1.165, 1.54) is 55.2 Å². The van der Waals surface area contributed by atoms with Crippen LogP contribution in [-0.2, 0) is 19.9 Å². The summed E-state index contributed by atoms with van der Waals surface area (Å²) in [5, 5.41) is 1.33. The molecule has 2 nitrogen and oxygen atoms in total. The standard InChI is InChI=1S/C15H20NO/c1-16-11-7-9-13-12-8-5-3-2-4-6-10-14(12)17-15(13)16/h7,9,11H,2-6,8,10H2,1H3/q+1. The van der Waals surface area contributed by atoms with Crippen LogP contribution in [0.2, 0.25) is 0 Å². The molecule has 1 aliphatic carbocycles. The molecule has 0 aliphatic heterocycles. The van der Waals surface area contributed by atoms with Crippen LogP contribution in [0, 0.1) is 0 Å². The van der Waals surface area contributed by atoms with Crippen molar-refractivity contribution < 1.29 is 8.98 Å². The van der Waals surface area contributed by atoms with Crippen LogP contribution in [0.3, 0.4) is 0 Å². The van der Waals surface area contributed by atoms with Crippen LogP contribution >= 0.6 is 0 Å². The average molecular weight is 230 g/mol. The summed E-state index contributed by atoms with van der Waals surface area (Å²) in [6.45, 7) is 0. The molecule has 2 aromatic rings. The lowest BCUT2D eigenvalue weighted by atomic mass is 10.0. The van der Waals surface area contributed by atoms with Gasteiger partial charge in [-0.05, 0) is 25.3 Å². The van der Waals surface area contributed by atoms with Gasteiger partial charge in [0.2, 0.25) is 0 Å². The molecule has 0 saturated heterocycles. The zero-order valence-electron chi connectivity index (χ0n) is 10.5. The normalized spacial score (nSPS) is 17.2. The molecule has 0 radical (unpaired) electrons. The van der Waals surface area contributed by atoms with Crippen LogP contribution in [0.25, 0.3) is 11.1 Å². The highest BCUT2D eigenvalue weighted by atomic mass is 16.3. The van der Waals surface area contributed by atoms with E-state index in [1.54, 1.807) is 0 Å². The fraction of sp³-hybridized carbons (Fsp3) is 0.533. The van der Waals surface area contributed by atoms with Crippen molar-refractivity contribution in [3.63, 3.8) is 0 Å². The summed E-state index contributed by atoms with van der Waals surface area (Å²) in [5.41, 5.74) is 2.51. The Bertz CT molecular complexity index is 527. The number of aryl methyl sites for hydroxylation is 3. The number of aromatic nitrogens is 1. The van der Waals surface area contributed by atoms with Gasteiger partial charge >= 0.3 is 5.71 Å². The molecule has 1 aliphatic rings. The van der Waals surface area contributed by atoms with Crippen LogP contribution < -0.4 is 4.57 Å². The van der Waals surface area contributed by atoms with Crippen molar-refractivity contribution in [2.24, 2.45) is 7.05 Å². The quantitative estimate of drug-likeness (QED) is 0.635. The number of rotatable bonds is 0. The zero-order chi connectivity index (χ0) is 11.7. The Hall–Kier alpha value is -1.31. The van der Waals surface area contributed by atoms with Crippen molar-refractivity contribution in [3.05, 3.63) is 29.7 Å². The van der Waals surface area contributed by atoms with Gasteiger partial charge in [-0.25, -0.2) is 0 Å². The topological polar surface area (TPSA) is 17.0 Å². The first-order chi connectivity index (χ1) is 8.36. The maximum atomic E-state index is 6.08. The summed E-state index contributed by atoms with van der Waals surface area (Å²) in [4.78, 5) is 0. The maximum absolute atomic E-state index is 6.08. The molecule has 0 unspecified atom stereocenters. The molecular formula is C15H20NO+. The molecule has 0 atom stereocenters. The first-order valence-electron chi connectivity index (χ1n) is 6.75. The molecule has 0 spiro atoms. The fourth-order valence-corrected chi connectivity index (χ4v) is 2.88. The van der Waals surface area contributed by atoms with E-state index < -0.39 is 0 Å². The van der Waals surface area contributed by atoms with Gasteiger partial charge in [-0.1, -0.05) is 19.3 Å². The van der Waals surface area contributed by atoms with Crippen molar-refractivity contribution in [2.45, 2.75) is 44.9 Å². The average Bonchev–Trinajstić information content (AvgIpc) is 2.71. The Balaban J connectivity index is 2.12. The Morgan fingerprint density at radius 3 is 2.71 bits per heavy atom. The highest BCUT2D eigenvalue weighted by molar-refractivity contribution is 5.76. The summed E-state index contributed by atoms with van der Waals surface area (Å²) in [5.74, 6) is 1.24. The van der Waals surface area contributed by atoms with Gasteiger partial charge in [0, 0.05) is 18.1 Å². The van der Waals surface area contributed by atoms with Gasteiger partial charge in [-0.2, -0.15) is 4.57 Å². The lowest BCUT2D eigenvalue weighted by Gasteiger charge is -1.98. The fourth-order valence-electron chi connectivity index (χ4n) is 2.88. The first-order valence-corrected chi connectivity index (χ1v) is 6.75. The third-order valence-electron chi connectivity index (χ3n) is 3.84. The first kappa shape index (κ1) is 10.8. The summed E-state index contributed by atoms with van der Waals surface area (Å²) < 4.78 is 8.17. The zero-order valence-corrected chi connectivity index (χ0v) is 10.5. The lowest BCUT2D eigenvalue weighted by molar-refractivity contribution is -0.651. The molecule has 0 saturated carbocycles. The molecule has 0 aromatic carbocycles. The molecular weight excluding hydrogens is 210 g/mol. The van der Waals surface area contributed by atoms with E-state index in [4.69, 9.17) is 4.42 Å². The highest BCUT2D eigenvalue weighted by Crippen LogP contribution is 2.28. The van der Waals surface area contributed by atoms with E-state index in [0.29, 0.717) is 0 Å². The second-order valence-corrected chi connectivity index (χ2v) is 5.11. The number of pyridine rings is 1. The van der Waals surface area contributed by atoms with E-state index in [9.17, 15) is 0 Å². The monoisotopic (exact) mass is 230 g/mol. The Morgan fingerprint density at radius 2 is 1.82 bits per heavy atom. The van der Waals surface area contributed by atoms with Crippen LogP contribution in [0.4, 0.5) is 0 Å². The van der Waals surface area contributed by atoms with Crippen LogP contribution in [0.5, 0.6) is 0 Å². The summed E-state index contributed by atoms with van der Waals surface area (Å²) in [6.07, 6.45) is 11.0. The molecule has 0 amide bonds. The lowest BCUT2D eigenvalue weighted by Crippen LogP contribution is -2.27. The van der Waals surface area contributed by atoms with Gasteiger partial charge in [0.15, 0.2) is 6.20 Å². The van der Waals surface area contributed by atoms with Gasteiger partial charge < -0.3 is 4.42 Å². The van der Waals surface area contributed by atoms with Crippen molar-refractivity contribution in [3.8, 4) is 0 Å². The van der Waals surface area contributed by atoms with E-state index >= 15 is 0 Å². The van der Waals surface area contributed by atoms with Crippen molar-refractivity contribution in [1.29, 1.82) is 0 Å². The number of hydrogen-bond acceptors (Lipinski definition) is 1. The maximum Gasteiger partial charge on any atom is 0.380 e. The number of hydrogen-bond donors (Lipinski definition) is 0. The molecule has 90 valence electrons. The van der Waals surface area contributed by atoms with Crippen LogP contribution in [0.1, 0.15) is 43.4 Å². The van der Waals surface area contributed by atoms with Gasteiger partial charge in [0.1, 0.15) is 12.8 Å². The van der Waals surface area contributed by atoms with E-state index in [-0.39, 0.29) is 0 Å². The van der Waals surface area contributed by atoms with Crippen molar-refractivity contribution in [2.75, 3.05) is 0 Å². The van der Waals surface area contributed by atoms with E-state index in [2.05, 4.69) is 29.9 Å². The highest BCUT2D eigenvalue weighted by Gasteiger charge is 2.19. The molecule has 0 N–H and O–H groups in total. The largest absolute Gasteiger partial charge is 0.409 e. The number of nitrogens with zero attached hydrogens (tertiary/aromatic N) is 1. The van der Waals surface area contributed by atoms with Gasteiger partial charge in [-0.3, -0.25) is 0 Å². The Labute approximate surface area is 102 Å². The number of furan rings is 1. The molecule has 2 heteroatoms. The van der Waals surface area contributed by atoms with Crippen molar-refractivity contribution in [1.82, 2.24) is 0 Å². The summed E-state index contributed by atoms with van der Waals surface area (Å²) >= 11 is 0. The van der Waals surface area contributed by atoms with E-state index in [0.717, 1.165) is 12.1 Å². The summed E-state index contributed by atoms with van der Waals surface area (Å²) in [7, 11) is 2.06. The number of fused-ring (bicyclic) bond motifs is 3. The third-order valence-corrected chi connectivity index (χ3v) is 3.84. The molecule has 2 aromatic heterocycles. The third kappa shape index (κ3) is 1.97. The predicted octanol–water partition coefficient (Wildman–Crippen LogP) is 3.31. The van der Waals surface area contributed by atoms with Gasteiger partial charge in [0.25, 0.3) is 0 Å². The van der Waals surface area contributed by atoms with Gasteiger partial charge in [-0.15, -0.1) is 0 Å².